The van der Waals surface area contributed by atoms with Gasteiger partial charge in [0.25, 0.3) is 0 Å². The minimum atomic E-state index is -0.448. The van der Waals surface area contributed by atoms with Gasteiger partial charge in [0.1, 0.15) is 5.69 Å². The summed E-state index contributed by atoms with van der Waals surface area (Å²) in [6.07, 6.45) is 3.44. The van der Waals surface area contributed by atoms with Gasteiger partial charge in [0.2, 0.25) is 0 Å². The maximum absolute atomic E-state index is 11.3. The van der Waals surface area contributed by atoms with Crippen molar-refractivity contribution in [3.63, 3.8) is 0 Å². The molecule has 0 saturated heterocycles. The van der Waals surface area contributed by atoms with Crippen LogP contribution in [0.15, 0.2) is 30.6 Å². The number of nitrogens with one attached hydrogen (secondary N) is 1. The number of nitrogens with zero attached hydrogens (tertiary/aromatic N) is 3. The molecule has 0 fully saturated rings. The number of ether oxygens (including phenoxy) is 1. The summed E-state index contributed by atoms with van der Waals surface area (Å²) in [4.78, 5) is 15.3. The Bertz CT molecular complexity index is 551. The first kappa shape index (κ1) is 12.1. The molecule has 1 N–H and O–H groups in total. The third-order valence-corrected chi connectivity index (χ3v) is 2.40. The molecule has 0 radical (unpaired) electrons. The van der Waals surface area contributed by atoms with Gasteiger partial charge in [-0.3, -0.25) is 4.68 Å². The van der Waals surface area contributed by atoms with Crippen LogP contribution in [0.4, 0.5) is 5.69 Å². The molecule has 0 aliphatic heterocycles. The lowest BCUT2D eigenvalue weighted by Crippen LogP contribution is -2.06. The number of hydrogen-bond donors (Lipinski definition) is 1. The fourth-order valence-electron chi connectivity index (χ4n) is 1.51. The van der Waals surface area contributed by atoms with E-state index in [2.05, 4.69) is 20.1 Å². The van der Waals surface area contributed by atoms with E-state index in [1.54, 1.807) is 23.0 Å². The lowest BCUT2D eigenvalue weighted by molar-refractivity contribution is 0.0594. The smallest absolute Gasteiger partial charge is 0.356 e. The van der Waals surface area contributed by atoms with Crippen LogP contribution in [0.5, 0.6) is 0 Å². The number of aromatic nitrogens is 3. The Morgan fingerprint density at radius 3 is 3.00 bits per heavy atom. The molecule has 0 aliphatic carbocycles. The first-order valence-electron chi connectivity index (χ1n) is 5.46. The summed E-state index contributed by atoms with van der Waals surface area (Å²) in [5, 5.41) is 7.42. The zero-order valence-electron chi connectivity index (χ0n) is 10.3. The zero-order chi connectivity index (χ0) is 13.0. The fraction of sp³-hybridized carbons (Fsp3) is 0.250. The highest BCUT2D eigenvalue weighted by atomic mass is 16.5. The topological polar surface area (TPSA) is 69.0 Å². The average Bonchev–Trinajstić information content (AvgIpc) is 2.81. The lowest BCUT2D eigenvalue weighted by atomic mass is 10.3. The Hall–Kier alpha value is -2.37. The third-order valence-electron chi connectivity index (χ3n) is 2.40. The summed E-state index contributed by atoms with van der Waals surface area (Å²) < 4.78 is 6.35. The lowest BCUT2D eigenvalue weighted by Gasteiger charge is -2.05. The van der Waals surface area contributed by atoms with Crippen molar-refractivity contribution in [1.29, 1.82) is 0 Å². The number of aryl methyl sites for hydroxylation is 1. The van der Waals surface area contributed by atoms with Crippen molar-refractivity contribution in [3.05, 3.63) is 42.0 Å². The van der Waals surface area contributed by atoms with Crippen LogP contribution in [-0.4, -0.2) is 27.8 Å². The number of rotatable bonds is 4. The van der Waals surface area contributed by atoms with E-state index in [4.69, 9.17) is 0 Å². The predicted octanol–water partition coefficient (Wildman–Crippen LogP) is 1.21. The van der Waals surface area contributed by atoms with Gasteiger partial charge in [0, 0.05) is 25.1 Å². The quantitative estimate of drug-likeness (QED) is 0.821. The molecule has 18 heavy (non-hydrogen) atoms. The van der Waals surface area contributed by atoms with E-state index in [1.807, 2.05) is 19.3 Å². The molecule has 0 aromatic carbocycles. The van der Waals surface area contributed by atoms with E-state index in [9.17, 15) is 4.79 Å². The summed E-state index contributed by atoms with van der Waals surface area (Å²) in [6.45, 7) is 0.589. The van der Waals surface area contributed by atoms with Crippen molar-refractivity contribution in [2.45, 2.75) is 6.54 Å². The number of esters is 1. The minimum Gasteiger partial charge on any atom is -0.464 e. The summed E-state index contributed by atoms with van der Waals surface area (Å²) in [5.74, 6) is -0.448. The molecule has 6 nitrogen and oxygen atoms in total. The number of anilines is 1. The van der Waals surface area contributed by atoms with Gasteiger partial charge >= 0.3 is 5.97 Å². The van der Waals surface area contributed by atoms with Gasteiger partial charge in [0.15, 0.2) is 0 Å². The van der Waals surface area contributed by atoms with Crippen molar-refractivity contribution in [1.82, 2.24) is 14.8 Å². The zero-order valence-corrected chi connectivity index (χ0v) is 10.3. The normalized spacial score (nSPS) is 10.1. The van der Waals surface area contributed by atoms with E-state index >= 15 is 0 Å². The number of carbonyl (C=O) groups is 1. The van der Waals surface area contributed by atoms with E-state index < -0.39 is 5.97 Å². The van der Waals surface area contributed by atoms with Gasteiger partial charge in [0.05, 0.1) is 19.3 Å². The largest absolute Gasteiger partial charge is 0.464 e. The third kappa shape index (κ3) is 2.85. The maximum atomic E-state index is 11.3. The molecule has 2 heterocycles. The summed E-state index contributed by atoms with van der Waals surface area (Å²) in [6, 6.07) is 5.36. The second-order valence-corrected chi connectivity index (χ2v) is 3.76. The van der Waals surface area contributed by atoms with Crippen molar-refractivity contribution < 1.29 is 9.53 Å². The fourth-order valence-corrected chi connectivity index (χ4v) is 1.51. The molecule has 94 valence electrons. The summed E-state index contributed by atoms with van der Waals surface area (Å²) in [7, 11) is 3.20. The van der Waals surface area contributed by atoms with E-state index in [0.29, 0.717) is 6.54 Å². The van der Waals surface area contributed by atoms with Crippen LogP contribution in [-0.2, 0) is 18.3 Å². The van der Waals surface area contributed by atoms with Crippen LogP contribution in [0.3, 0.4) is 0 Å². The summed E-state index contributed by atoms with van der Waals surface area (Å²) in [5.41, 5.74) is 2.01. The van der Waals surface area contributed by atoms with Crippen LogP contribution in [0.1, 0.15) is 16.2 Å². The first-order valence-corrected chi connectivity index (χ1v) is 5.46. The molecule has 6 heteroatoms. The Morgan fingerprint density at radius 2 is 2.33 bits per heavy atom. The van der Waals surface area contributed by atoms with Crippen molar-refractivity contribution >= 4 is 11.7 Å². The number of carbonyl (C=O) groups excluding carboxylic acids is 1. The summed E-state index contributed by atoms with van der Waals surface area (Å²) >= 11 is 0. The monoisotopic (exact) mass is 246 g/mol. The molecule has 2 aromatic rings. The van der Waals surface area contributed by atoms with Crippen LogP contribution in [0.25, 0.3) is 0 Å². The van der Waals surface area contributed by atoms with Crippen molar-refractivity contribution in [2.75, 3.05) is 12.4 Å². The highest BCUT2D eigenvalue weighted by Crippen LogP contribution is 2.10. The number of methoxy groups -OCH3 is 1. The van der Waals surface area contributed by atoms with Gasteiger partial charge in [-0.05, 0) is 18.2 Å². The van der Waals surface area contributed by atoms with E-state index in [0.717, 1.165) is 11.4 Å². The molecule has 0 saturated carbocycles. The van der Waals surface area contributed by atoms with Gasteiger partial charge in [-0.15, -0.1) is 0 Å². The molecular formula is C12H14N4O2. The number of hydrogen-bond acceptors (Lipinski definition) is 5. The Morgan fingerprint density at radius 1 is 1.50 bits per heavy atom. The molecular weight excluding hydrogens is 232 g/mol. The van der Waals surface area contributed by atoms with Crippen molar-refractivity contribution in [3.8, 4) is 0 Å². The van der Waals surface area contributed by atoms with Crippen LogP contribution >= 0.6 is 0 Å². The molecule has 0 unspecified atom stereocenters. The highest BCUT2D eigenvalue weighted by Gasteiger charge is 2.07. The minimum absolute atomic E-state index is 0.281. The van der Waals surface area contributed by atoms with E-state index in [-0.39, 0.29) is 5.69 Å². The van der Waals surface area contributed by atoms with E-state index in [1.165, 1.54) is 7.11 Å². The van der Waals surface area contributed by atoms with Gasteiger partial charge in [-0.1, -0.05) is 0 Å². The molecule has 2 rings (SSSR count). The Kier molecular flexibility index (Phi) is 3.57. The average molecular weight is 246 g/mol. The standard InChI is InChI=1S/C12H14N4O2/c1-16-6-4-10(15-16)8-14-9-3-5-13-11(7-9)12(17)18-2/h3-7H,8H2,1-2H3,(H,13,14). The molecule has 0 bridgehead atoms. The van der Waals surface area contributed by atoms with Crippen LogP contribution in [0, 0.1) is 0 Å². The molecule has 0 amide bonds. The second kappa shape index (κ2) is 5.31. The molecule has 2 aromatic heterocycles. The molecule has 0 aliphatic rings. The molecule has 0 atom stereocenters. The molecule has 0 spiro atoms. The van der Waals surface area contributed by atoms with Crippen LogP contribution < -0.4 is 5.32 Å². The Balaban J connectivity index is 2.03. The van der Waals surface area contributed by atoms with Gasteiger partial charge in [-0.25, -0.2) is 9.78 Å². The van der Waals surface area contributed by atoms with Gasteiger partial charge in [-0.2, -0.15) is 5.10 Å². The second-order valence-electron chi connectivity index (χ2n) is 3.76. The SMILES string of the molecule is COC(=O)c1cc(NCc2ccn(C)n2)ccn1. The van der Waals surface area contributed by atoms with Crippen LogP contribution in [0.2, 0.25) is 0 Å². The maximum Gasteiger partial charge on any atom is 0.356 e. The Labute approximate surface area is 105 Å². The number of pyridine rings is 1. The first-order chi connectivity index (χ1) is 8.69. The van der Waals surface area contributed by atoms with Gasteiger partial charge < -0.3 is 10.1 Å². The van der Waals surface area contributed by atoms with Crippen molar-refractivity contribution in [2.24, 2.45) is 7.05 Å². The predicted molar refractivity (Wildman–Crippen MR) is 66.1 cm³/mol. The highest BCUT2D eigenvalue weighted by molar-refractivity contribution is 5.88.